The van der Waals surface area contributed by atoms with Crippen LogP contribution in [0.15, 0.2) is 34.1 Å². The third kappa shape index (κ3) is 3.29. The molecule has 0 atom stereocenters. The van der Waals surface area contributed by atoms with Crippen molar-refractivity contribution in [3.05, 3.63) is 50.4 Å². The topological polar surface area (TPSA) is 35.8 Å². The lowest BCUT2D eigenvalue weighted by Gasteiger charge is -2.05. The lowest BCUT2D eigenvalue weighted by molar-refractivity contribution is 0.627. The van der Waals surface area contributed by atoms with Gasteiger partial charge in [-0.1, -0.05) is 0 Å². The summed E-state index contributed by atoms with van der Waals surface area (Å²) in [6, 6.07) is 10.1. The molecular formula is C12H8BrFN2S. The summed E-state index contributed by atoms with van der Waals surface area (Å²) in [6.45, 7) is 0.616. The highest BCUT2D eigenvalue weighted by Crippen LogP contribution is 2.23. The molecule has 0 aliphatic heterocycles. The Morgan fingerprint density at radius 3 is 2.82 bits per heavy atom. The maximum atomic E-state index is 13.1. The second kappa shape index (κ2) is 5.30. The van der Waals surface area contributed by atoms with E-state index in [1.165, 1.54) is 12.1 Å². The van der Waals surface area contributed by atoms with Gasteiger partial charge in [0.05, 0.1) is 15.4 Å². The molecule has 1 aromatic carbocycles. The zero-order valence-corrected chi connectivity index (χ0v) is 11.1. The number of halogens is 2. The molecule has 0 spiro atoms. The Labute approximate surface area is 111 Å². The SMILES string of the molecule is N#Cc1cc(F)cc(NCc2ccc(Br)s2)c1. The van der Waals surface area contributed by atoms with Gasteiger partial charge in [0, 0.05) is 17.1 Å². The van der Waals surface area contributed by atoms with E-state index in [9.17, 15) is 4.39 Å². The van der Waals surface area contributed by atoms with Crippen molar-refractivity contribution in [3.63, 3.8) is 0 Å². The first-order valence-electron chi connectivity index (χ1n) is 4.86. The Kier molecular flexibility index (Phi) is 3.77. The summed E-state index contributed by atoms with van der Waals surface area (Å²) in [6.07, 6.45) is 0. The summed E-state index contributed by atoms with van der Waals surface area (Å²) in [5.74, 6) is -0.404. The molecule has 17 heavy (non-hydrogen) atoms. The number of anilines is 1. The highest BCUT2D eigenvalue weighted by atomic mass is 79.9. The van der Waals surface area contributed by atoms with Crippen LogP contribution in [0.3, 0.4) is 0 Å². The van der Waals surface area contributed by atoms with Crippen LogP contribution in [-0.2, 0) is 6.54 Å². The molecule has 2 aromatic rings. The average molecular weight is 311 g/mol. The molecule has 1 aromatic heterocycles. The number of hydrogen-bond acceptors (Lipinski definition) is 3. The molecule has 0 fully saturated rings. The monoisotopic (exact) mass is 310 g/mol. The van der Waals surface area contributed by atoms with Crippen LogP contribution in [0.1, 0.15) is 10.4 Å². The van der Waals surface area contributed by atoms with E-state index < -0.39 is 5.82 Å². The molecule has 0 unspecified atom stereocenters. The lowest BCUT2D eigenvalue weighted by Crippen LogP contribution is -1.98. The van der Waals surface area contributed by atoms with E-state index >= 15 is 0 Å². The predicted octanol–water partition coefficient (Wildman–Crippen LogP) is 4.13. The van der Waals surface area contributed by atoms with Gasteiger partial charge in [-0.25, -0.2) is 4.39 Å². The minimum absolute atomic E-state index is 0.319. The minimum Gasteiger partial charge on any atom is -0.380 e. The van der Waals surface area contributed by atoms with Gasteiger partial charge < -0.3 is 5.32 Å². The number of rotatable bonds is 3. The summed E-state index contributed by atoms with van der Waals surface area (Å²) in [5.41, 5.74) is 0.936. The van der Waals surface area contributed by atoms with Gasteiger partial charge in [0.2, 0.25) is 0 Å². The lowest BCUT2D eigenvalue weighted by atomic mass is 10.2. The fourth-order valence-electron chi connectivity index (χ4n) is 1.39. The summed E-state index contributed by atoms with van der Waals surface area (Å²) in [7, 11) is 0. The largest absolute Gasteiger partial charge is 0.380 e. The van der Waals surface area contributed by atoms with E-state index in [0.717, 1.165) is 8.66 Å². The zero-order chi connectivity index (χ0) is 12.3. The van der Waals surface area contributed by atoms with Crippen LogP contribution in [0.4, 0.5) is 10.1 Å². The first-order chi connectivity index (χ1) is 8.17. The average Bonchev–Trinajstić information content (AvgIpc) is 2.72. The van der Waals surface area contributed by atoms with E-state index in [2.05, 4.69) is 21.2 Å². The second-order valence-electron chi connectivity index (χ2n) is 3.40. The van der Waals surface area contributed by atoms with Crippen molar-refractivity contribution < 1.29 is 4.39 Å². The van der Waals surface area contributed by atoms with Crippen LogP contribution < -0.4 is 5.32 Å². The van der Waals surface area contributed by atoms with Crippen molar-refractivity contribution >= 4 is 33.0 Å². The molecule has 5 heteroatoms. The van der Waals surface area contributed by atoms with Gasteiger partial charge in [-0.3, -0.25) is 0 Å². The third-order valence-electron chi connectivity index (χ3n) is 2.12. The van der Waals surface area contributed by atoms with E-state index in [0.29, 0.717) is 17.8 Å². The molecule has 0 amide bonds. The Balaban J connectivity index is 2.09. The van der Waals surface area contributed by atoms with Crippen LogP contribution >= 0.6 is 27.3 Å². The molecule has 86 valence electrons. The predicted molar refractivity (Wildman–Crippen MR) is 70.5 cm³/mol. The molecule has 1 heterocycles. The van der Waals surface area contributed by atoms with E-state index in [4.69, 9.17) is 5.26 Å². The zero-order valence-electron chi connectivity index (χ0n) is 8.71. The van der Waals surface area contributed by atoms with E-state index in [-0.39, 0.29) is 0 Å². The van der Waals surface area contributed by atoms with Gasteiger partial charge in [0.1, 0.15) is 5.82 Å². The van der Waals surface area contributed by atoms with Crippen molar-refractivity contribution in [2.24, 2.45) is 0 Å². The number of thiophene rings is 1. The van der Waals surface area contributed by atoms with Gasteiger partial charge in [0.15, 0.2) is 0 Å². The fraction of sp³-hybridized carbons (Fsp3) is 0.0833. The summed E-state index contributed by atoms with van der Waals surface area (Å²) in [4.78, 5) is 1.14. The number of hydrogen-bond donors (Lipinski definition) is 1. The molecule has 1 N–H and O–H groups in total. The molecular weight excluding hydrogens is 303 g/mol. The minimum atomic E-state index is -0.404. The van der Waals surface area contributed by atoms with Crippen LogP contribution in [0.25, 0.3) is 0 Å². The van der Waals surface area contributed by atoms with Crippen molar-refractivity contribution in [1.82, 2.24) is 0 Å². The van der Waals surface area contributed by atoms with E-state index in [1.807, 2.05) is 18.2 Å². The second-order valence-corrected chi connectivity index (χ2v) is 5.95. The van der Waals surface area contributed by atoms with Gasteiger partial charge in [-0.15, -0.1) is 11.3 Å². The Morgan fingerprint density at radius 1 is 1.35 bits per heavy atom. The summed E-state index contributed by atoms with van der Waals surface area (Å²) < 4.78 is 14.2. The number of nitrogens with zero attached hydrogens (tertiary/aromatic N) is 1. The Hall–Kier alpha value is -1.38. The van der Waals surface area contributed by atoms with Gasteiger partial charge in [0.25, 0.3) is 0 Å². The van der Waals surface area contributed by atoms with Crippen molar-refractivity contribution in [3.8, 4) is 6.07 Å². The molecule has 0 radical (unpaired) electrons. The highest BCUT2D eigenvalue weighted by molar-refractivity contribution is 9.11. The van der Waals surface area contributed by atoms with Crippen LogP contribution in [0, 0.1) is 17.1 Å². The van der Waals surface area contributed by atoms with E-state index in [1.54, 1.807) is 17.4 Å². The maximum Gasteiger partial charge on any atom is 0.126 e. The molecule has 0 saturated carbocycles. The van der Waals surface area contributed by atoms with Gasteiger partial charge >= 0.3 is 0 Å². The molecule has 2 nitrogen and oxygen atoms in total. The fourth-order valence-corrected chi connectivity index (χ4v) is 2.82. The number of nitriles is 1. The summed E-state index contributed by atoms with van der Waals surface area (Å²) in [5, 5.41) is 11.8. The molecule has 0 aliphatic rings. The Morgan fingerprint density at radius 2 is 2.18 bits per heavy atom. The first-order valence-corrected chi connectivity index (χ1v) is 6.47. The maximum absolute atomic E-state index is 13.1. The number of benzene rings is 1. The highest BCUT2D eigenvalue weighted by Gasteiger charge is 2.01. The van der Waals surface area contributed by atoms with Crippen LogP contribution in [-0.4, -0.2) is 0 Å². The summed E-state index contributed by atoms with van der Waals surface area (Å²) >= 11 is 5.00. The number of nitrogens with one attached hydrogen (secondary N) is 1. The van der Waals surface area contributed by atoms with Crippen molar-refractivity contribution in [2.75, 3.05) is 5.32 Å². The molecule has 0 saturated heterocycles. The molecule has 2 rings (SSSR count). The quantitative estimate of drug-likeness (QED) is 0.925. The normalized spacial score (nSPS) is 9.94. The van der Waals surface area contributed by atoms with Crippen LogP contribution in [0.5, 0.6) is 0 Å². The first kappa shape index (κ1) is 12.1. The molecule has 0 bridgehead atoms. The Bertz CT molecular complexity index is 574. The van der Waals surface area contributed by atoms with Crippen molar-refractivity contribution in [2.45, 2.75) is 6.54 Å². The smallest absolute Gasteiger partial charge is 0.126 e. The van der Waals surface area contributed by atoms with Crippen LogP contribution in [0.2, 0.25) is 0 Å². The standard InChI is InChI=1S/C12H8BrFN2S/c13-12-2-1-11(17-12)7-16-10-4-8(6-15)3-9(14)5-10/h1-5,16H,7H2. The van der Waals surface area contributed by atoms with Gasteiger partial charge in [-0.2, -0.15) is 5.26 Å². The van der Waals surface area contributed by atoms with Gasteiger partial charge in [-0.05, 0) is 46.3 Å². The van der Waals surface area contributed by atoms with Crippen molar-refractivity contribution in [1.29, 1.82) is 5.26 Å². The third-order valence-corrected chi connectivity index (χ3v) is 3.75. The molecule has 0 aliphatic carbocycles.